The summed E-state index contributed by atoms with van der Waals surface area (Å²) in [6.45, 7) is 14.1. The molecule has 0 aromatic rings. The van der Waals surface area contributed by atoms with Gasteiger partial charge in [-0.3, -0.25) is 9.59 Å². The summed E-state index contributed by atoms with van der Waals surface area (Å²) in [7, 11) is 0. The molecule has 3 aliphatic carbocycles. The highest BCUT2D eigenvalue weighted by Crippen LogP contribution is 2.75. The number of carbonyl (C=O) groups is 2. The van der Waals surface area contributed by atoms with Crippen LogP contribution in [0, 0.1) is 17.8 Å². The Morgan fingerprint density at radius 3 is 2.41 bits per heavy atom. The summed E-state index contributed by atoms with van der Waals surface area (Å²) in [6, 6.07) is 0. The standard InChI is InChI=1S/C38H52O11/c1-8-9-10-11-12-13-14-15-16-17-18-19-35-45-31-27-30-34(21-39,44-30)32-38(47-33(7,42)46-32)26(20-23(4)28(38)41)37(27,49-35)24(5)29(43-25(6)40)36(31,48-35)22(2)3/h16-20,24,26-27,29-32,39,42H,2,8-15,21H2,1,3-7H3/b17-16+,19-18-/t24-,26+,27+,29-,30+,31-,32-,33+,34+,35?,36+,37+,38-/m1/s1. The third-order valence-corrected chi connectivity index (χ3v) is 12.2. The predicted octanol–water partition coefficient (Wildman–Crippen LogP) is 4.70. The number of hydrogen-bond acceptors (Lipinski definition) is 11. The van der Waals surface area contributed by atoms with Gasteiger partial charge in [-0.25, -0.2) is 0 Å². The number of ether oxygens (including phenoxy) is 7. The maximum atomic E-state index is 14.4. The van der Waals surface area contributed by atoms with Crippen molar-refractivity contribution in [3.63, 3.8) is 0 Å². The number of ketones is 1. The molecule has 270 valence electrons. The van der Waals surface area contributed by atoms with E-state index in [1.54, 1.807) is 13.0 Å². The van der Waals surface area contributed by atoms with E-state index in [9.17, 15) is 19.8 Å². The number of allylic oxidation sites excluding steroid dienone is 3. The van der Waals surface area contributed by atoms with Crippen LogP contribution in [0.25, 0.3) is 0 Å². The maximum absolute atomic E-state index is 14.4. The van der Waals surface area contributed by atoms with Gasteiger partial charge >= 0.3 is 11.9 Å². The summed E-state index contributed by atoms with van der Waals surface area (Å²) in [5.41, 5.74) is -5.04. The minimum Gasteiger partial charge on any atom is -0.459 e. The molecule has 0 aromatic carbocycles. The lowest BCUT2D eigenvalue weighted by atomic mass is 9.53. The molecular weight excluding hydrogens is 632 g/mol. The molecule has 1 spiro atoms. The molecule has 1 unspecified atom stereocenters. The molecular formula is C38H52O11. The fraction of sp³-hybridized carbons (Fsp3) is 0.737. The number of aliphatic hydroxyl groups excluding tert-OH is 1. The van der Waals surface area contributed by atoms with Crippen LogP contribution in [-0.4, -0.2) is 87.3 Å². The number of unbranched alkanes of at least 4 members (excludes halogenated alkanes) is 7. The molecule has 0 aromatic heterocycles. The van der Waals surface area contributed by atoms with E-state index >= 15 is 0 Å². The first kappa shape index (κ1) is 35.2. The van der Waals surface area contributed by atoms with E-state index in [0.717, 1.165) is 12.8 Å². The van der Waals surface area contributed by atoms with Crippen LogP contribution >= 0.6 is 0 Å². The van der Waals surface area contributed by atoms with Gasteiger partial charge in [-0.15, -0.1) is 0 Å². The van der Waals surface area contributed by atoms with Crippen molar-refractivity contribution in [1.29, 1.82) is 0 Å². The molecule has 49 heavy (non-hydrogen) atoms. The molecule has 3 bridgehead atoms. The molecule has 6 fully saturated rings. The summed E-state index contributed by atoms with van der Waals surface area (Å²) < 4.78 is 45.9. The molecule has 11 heteroatoms. The molecule has 2 N–H and O–H groups in total. The number of carbonyl (C=O) groups excluding carboxylic acids is 2. The minimum absolute atomic E-state index is 0.394. The highest BCUT2D eigenvalue weighted by molar-refractivity contribution is 6.06. The zero-order valence-electron chi connectivity index (χ0n) is 29.6. The topological polar surface area (TPSA) is 143 Å². The average molecular weight is 685 g/mol. The van der Waals surface area contributed by atoms with Crippen molar-refractivity contribution in [3.05, 3.63) is 48.1 Å². The van der Waals surface area contributed by atoms with Crippen molar-refractivity contribution in [2.24, 2.45) is 17.8 Å². The zero-order chi connectivity index (χ0) is 35.2. The number of aliphatic hydroxyl groups is 2. The van der Waals surface area contributed by atoms with E-state index in [0.29, 0.717) is 11.1 Å². The van der Waals surface area contributed by atoms with Crippen LogP contribution in [0.4, 0.5) is 0 Å². The van der Waals surface area contributed by atoms with Crippen LogP contribution in [0.5, 0.6) is 0 Å². The largest absolute Gasteiger partial charge is 0.459 e. The van der Waals surface area contributed by atoms with E-state index < -0.39 is 94.9 Å². The highest BCUT2D eigenvalue weighted by atomic mass is 16.9. The van der Waals surface area contributed by atoms with Gasteiger partial charge in [-0.2, -0.15) is 0 Å². The van der Waals surface area contributed by atoms with Crippen LogP contribution < -0.4 is 0 Å². The van der Waals surface area contributed by atoms with E-state index in [-0.39, 0.29) is 0 Å². The Morgan fingerprint density at radius 1 is 1.02 bits per heavy atom. The van der Waals surface area contributed by atoms with Crippen LogP contribution in [0.1, 0.15) is 92.9 Å². The summed E-state index contributed by atoms with van der Waals surface area (Å²) in [5, 5.41) is 22.2. The monoisotopic (exact) mass is 684 g/mol. The fourth-order valence-corrected chi connectivity index (χ4v) is 10.2. The first-order valence-electron chi connectivity index (χ1n) is 18.1. The van der Waals surface area contributed by atoms with Gasteiger partial charge in [0.2, 0.25) is 0 Å². The third kappa shape index (κ3) is 4.76. The molecule has 13 atom stereocenters. The fourth-order valence-electron chi connectivity index (χ4n) is 10.2. The second kappa shape index (κ2) is 11.9. The van der Waals surface area contributed by atoms with Crippen molar-refractivity contribution in [3.8, 4) is 0 Å². The number of rotatable bonds is 13. The number of epoxide rings is 1. The third-order valence-electron chi connectivity index (χ3n) is 12.2. The number of fused-ring (bicyclic) bond motifs is 3. The molecule has 4 saturated heterocycles. The van der Waals surface area contributed by atoms with Crippen LogP contribution in [-0.2, 0) is 42.7 Å². The molecule has 0 amide bonds. The molecule has 4 heterocycles. The van der Waals surface area contributed by atoms with E-state index in [1.165, 1.54) is 52.4 Å². The van der Waals surface area contributed by atoms with E-state index in [1.807, 2.05) is 32.1 Å². The normalized spacial score (nSPS) is 48.7. The summed E-state index contributed by atoms with van der Waals surface area (Å²) in [4.78, 5) is 27.1. The molecule has 11 nitrogen and oxygen atoms in total. The van der Waals surface area contributed by atoms with Gasteiger partial charge in [0.1, 0.15) is 30.0 Å². The second-order valence-electron chi connectivity index (χ2n) is 15.4. The van der Waals surface area contributed by atoms with Gasteiger partial charge in [0.15, 0.2) is 17.0 Å². The van der Waals surface area contributed by atoms with Gasteiger partial charge in [0.25, 0.3) is 5.97 Å². The summed E-state index contributed by atoms with van der Waals surface area (Å²) >= 11 is 0. The number of esters is 1. The van der Waals surface area contributed by atoms with Crippen molar-refractivity contribution in [2.45, 2.75) is 152 Å². The highest BCUT2D eigenvalue weighted by Gasteiger charge is 2.92. The lowest BCUT2D eigenvalue weighted by molar-refractivity contribution is -0.409. The molecule has 2 saturated carbocycles. The predicted molar refractivity (Wildman–Crippen MR) is 175 cm³/mol. The van der Waals surface area contributed by atoms with Crippen LogP contribution in [0.2, 0.25) is 0 Å². The van der Waals surface area contributed by atoms with Crippen molar-refractivity contribution in [1.82, 2.24) is 0 Å². The minimum atomic E-state index is -2.16. The maximum Gasteiger partial charge on any atom is 0.307 e. The SMILES string of the molecule is C=C(C)[C@@]12OC3(/C=C\C=C\CCCCCCCCC)O[C@@H]1[C@@H]1[C@@H]4O[C@]4(CO)[C@H]4O[C@](C)(O)O[C@]45C(=O)C(C)=C[C@H]5[C@@]1(O3)[C@H](C)[C@H]2OC(C)=O. The van der Waals surface area contributed by atoms with Crippen LogP contribution in [0.15, 0.2) is 48.1 Å². The smallest absolute Gasteiger partial charge is 0.307 e. The molecule has 7 aliphatic rings. The van der Waals surface area contributed by atoms with Gasteiger partial charge in [0, 0.05) is 37.7 Å². The van der Waals surface area contributed by atoms with Crippen molar-refractivity contribution < 1.29 is 53.0 Å². The Kier molecular flexibility index (Phi) is 8.56. The quantitative estimate of drug-likeness (QED) is 0.0917. The Balaban J connectivity index is 1.30. The lowest BCUT2D eigenvalue weighted by Gasteiger charge is -2.61. The molecule has 4 aliphatic heterocycles. The first-order valence-corrected chi connectivity index (χ1v) is 18.1. The Labute approximate surface area is 288 Å². The summed E-state index contributed by atoms with van der Waals surface area (Å²) in [5.74, 6) is -7.02. The number of hydrogen-bond donors (Lipinski definition) is 2. The second-order valence-corrected chi connectivity index (χ2v) is 15.4. The van der Waals surface area contributed by atoms with Gasteiger partial charge in [-0.1, -0.05) is 83.3 Å². The molecule has 0 radical (unpaired) electrons. The van der Waals surface area contributed by atoms with Gasteiger partial charge < -0.3 is 43.4 Å². The van der Waals surface area contributed by atoms with Gasteiger partial charge in [-0.05, 0) is 37.8 Å². The van der Waals surface area contributed by atoms with Gasteiger partial charge in [0.05, 0.1) is 12.2 Å². The van der Waals surface area contributed by atoms with E-state index in [2.05, 4.69) is 19.6 Å². The van der Waals surface area contributed by atoms with Crippen molar-refractivity contribution >= 4 is 11.8 Å². The Bertz CT molecular complexity index is 1480. The molecule has 7 rings (SSSR count). The first-order chi connectivity index (χ1) is 23.2. The van der Waals surface area contributed by atoms with E-state index in [4.69, 9.17) is 33.2 Å². The Morgan fingerprint density at radius 2 is 1.73 bits per heavy atom. The lowest BCUT2D eigenvalue weighted by Crippen LogP contribution is -2.76. The van der Waals surface area contributed by atoms with Crippen LogP contribution in [0.3, 0.4) is 0 Å². The Hall–Kier alpha value is -2.22. The summed E-state index contributed by atoms with van der Waals surface area (Å²) in [6.07, 6.45) is 15.3. The average Bonchev–Trinajstić information content (AvgIpc) is 3.54. The van der Waals surface area contributed by atoms with Crippen molar-refractivity contribution in [2.75, 3.05) is 6.61 Å². The zero-order valence-corrected chi connectivity index (χ0v) is 29.6. The number of Topliss-reactive ketones (excluding diaryl/α,β-unsaturated/α-hetero) is 1.